The minimum atomic E-state index is -0.0557. The summed E-state index contributed by atoms with van der Waals surface area (Å²) in [6.45, 7) is 2.00. The molecule has 2 aromatic heterocycles. The van der Waals surface area contributed by atoms with Gasteiger partial charge in [0.05, 0.1) is 28.0 Å². The van der Waals surface area contributed by atoms with Crippen LogP contribution in [0.1, 0.15) is 28.3 Å². The maximum absolute atomic E-state index is 12.3. The van der Waals surface area contributed by atoms with E-state index in [1.165, 1.54) is 11.5 Å². The number of aromatic nitrogens is 2. The van der Waals surface area contributed by atoms with Crippen LogP contribution in [-0.4, -0.2) is 27.2 Å². The quantitative estimate of drug-likeness (QED) is 0.743. The molecule has 0 aliphatic heterocycles. The third-order valence-electron chi connectivity index (χ3n) is 3.25. The van der Waals surface area contributed by atoms with Crippen LogP contribution in [0.3, 0.4) is 0 Å². The average molecular weight is 303 g/mol. The standard InChI is InChI=1S/C14H13N3OS2/c1-9(17(2)14(18)10-7-15-19-8-10)13-16-11-5-3-4-6-12(11)20-13/h3-9H,1-2H3. The summed E-state index contributed by atoms with van der Waals surface area (Å²) in [5, 5.41) is 2.72. The largest absolute Gasteiger partial charge is 0.332 e. The summed E-state index contributed by atoms with van der Waals surface area (Å²) >= 11 is 2.92. The van der Waals surface area contributed by atoms with Gasteiger partial charge < -0.3 is 4.90 Å². The van der Waals surface area contributed by atoms with Crippen molar-refractivity contribution >= 4 is 39.0 Å². The van der Waals surface area contributed by atoms with Crippen molar-refractivity contribution in [3.63, 3.8) is 0 Å². The van der Waals surface area contributed by atoms with E-state index >= 15 is 0 Å². The smallest absolute Gasteiger partial charge is 0.256 e. The Morgan fingerprint density at radius 1 is 1.35 bits per heavy atom. The second-order valence-corrected chi connectivity index (χ2v) is 6.24. The number of carbonyl (C=O) groups excluding carboxylic acids is 1. The van der Waals surface area contributed by atoms with Gasteiger partial charge in [-0.1, -0.05) is 12.1 Å². The molecule has 2 heterocycles. The van der Waals surface area contributed by atoms with Crippen LogP contribution < -0.4 is 0 Å². The highest BCUT2D eigenvalue weighted by Gasteiger charge is 2.22. The molecule has 1 amide bonds. The fourth-order valence-electron chi connectivity index (χ4n) is 1.92. The molecule has 6 heteroatoms. The summed E-state index contributed by atoms with van der Waals surface area (Å²) in [5.41, 5.74) is 1.61. The molecular weight excluding hydrogens is 290 g/mol. The van der Waals surface area contributed by atoms with Gasteiger partial charge in [0.15, 0.2) is 0 Å². The van der Waals surface area contributed by atoms with Gasteiger partial charge in [-0.25, -0.2) is 9.36 Å². The third kappa shape index (κ3) is 2.32. The van der Waals surface area contributed by atoms with Crippen molar-refractivity contribution in [3.05, 3.63) is 46.4 Å². The fourth-order valence-corrected chi connectivity index (χ4v) is 3.50. The van der Waals surface area contributed by atoms with Gasteiger partial charge in [-0.05, 0) is 30.6 Å². The predicted octanol–water partition coefficient (Wildman–Crippen LogP) is 3.59. The number of rotatable bonds is 3. The van der Waals surface area contributed by atoms with E-state index in [-0.39, 0.29) is 11.9 Å². The van der Waals surface area contributed by atoms with Crippen LogP contribution in [0.4, 0.5) is 0 Å². The number of amides is 1. The van der Waals surface area contributed by atoms with E-state index in [0.29, 0.717) is 5.56 Å². The Labute approximate surface area is 124 Å². The number of benzene rings is 1. The molecule has 1 atom stereocenters. The predicted molar refractivity (Wildman–Crippen MR) is 82.2 cm³/mol. The van der Waals surface area contributed by atoms with Crippen LogP contribution in [0.5, 0.6) is 0 Å². The van der Waals surface area contributed by atoms with Gasteiger partial charge in [0.25, 0.3) is 5.91 Å². The number of hydrogen-bond acceptors (Lipinski definition) is 5. The molecule has 0 aliphatic carbocycles. The first kappa shape index (κ1) is 13.2. The molecule has 0 spiro atoms. The van der Waals surface area contributed by atoms with Crippen molar-refractivity contribution in [1.29, 1.82) is 0 Å². The van der Waals surface area contributed by atoms with Gasteiger partial charge in [-0.2, -0.15) is 0 Å². The number of carbonyl (C=O) groups is 1. The second kappa shape index (κ2) is 5.30. The van der Waals surface area contributed by atoms with Crippen molar-refractivity contribution in [2.24, 2.45) is 0 Å². The molecule has 0 fully saturated rings. The molecule has 0 N–H and O–H groups in total. The van der Waals surface area contributed by atoms with E-state index in [1.807, 2.05) is 31.2 Å². The Bertz CT molecular complexity index is 703. The van der Waals surface area contributed by atoms with Gasteiger partial charge >= 0.3 is 0 Å². The highest BCUT2D eigenvalue weighted by molar-refractivity contribution is 7.18. The molecule has 1 aromatic carbocycles. The molecule has 0 bridgehead atoms. The molecule has 0 radical (unpaired) electrons. The molecule has 20 heavy (non-hydrogen) atoms. The number of fused-ring (bicyclic) bond motifs is 1. The lowest BCUT2D eigenvalue weighted by molar-refractivity contribution is 0.0743. The zero-order valence-corrected chi connectivity index (χ0v) is 12.7. The van der Waals surface area contributed by atoms with Crippen LogP contribution in [-0.2, 0) is 0 Å². The third-order valence-corrected chi connectivity index (χ3v) is 5.04. The van der Waals surface area contributed by atoms with E-state index in [1.54, 1.807) is 34.9 Å². The van der Waals surface area contributed by atoms with Crippen molar-refractivity contribution in [2.45, 2.75) is 13.0 Å². The maximum atomic E-state index is 12.3. The van der Waals surface area contributed by atoms with Gasteiger partial charge in [-0.3, -0.25) is 4.79 Å². The van der Waals surface area contributed by atoms with E-state index in [9.17, 15) is 4.79 Å². The molecule has 0 aliphatic rings. The minimum absolute atomic E-state index is 0.0227. The lowest BCUT2D eigenvalue weighted by atomic mass is 10.2. The molecule has 102 valence electrons. The van der Waals surface area contributed by atoms with Crippen LogP contribution in [0, 0.1) is 0 Å². The van der Waals surface area contributed by atoms with Crippen LogP contribution in [0.2, 0.25) is 0 Å². The van der Waals surface area contributed by atoms with Crippen molar-refractivity contribution in [1.82, 2.24) is 14.3 Å². The molecule has 0 saturated carbocycles. The van der Waals surface area contributed by atoms with E-state index in [0.717, 1.165) is 15.2 Å². The summed E-state index contributed by atoms with van der Waals surface area (Å²) in [4.78, 5) is 18.6. The summed E-state index contributed by atoms with van der Waals surface area (Å²) in [7, 11) is 1.80. The minimum Gasteiger partial charge on any atom is -0.332 e. The summed E-state index contributed by atoms with van der Waals surface area (Å²) in [5.74, 6) is -0.0227. The topological polar surface area (TPSA) is 46.1 Å². The molecule has 3 aromatic rings. The Kier molecular flexibility index (Phi) is 3.50. The fraction of sp³-hybridized carbons (Fsp3) is 0.214. The molecular formula is C14H13N3OS2. The highest BCUT2D eigenvalue weighted by atomic mass is 32.1. The Balaban J connectivity index is 1.87. The number of hydrogen-bond donors (Lipinski definition) is 0. The number of thiazole rings is 1. The van der Waals surface area contributed by atoms with Crippen LogP contribution in [0.25, 0.3) is 10.2 Å². The van der Waals surface area contributed by atoms with Crippen molar-refractivity contribution < 1.29 is 4.79 Å². The van der Waals surface area contributed by atoms with E-state index in [2.05, 4.69) is 9.36 Å². The Morgan fingerprint density at radius 3 is 2.85 bits per heavy atom. The SMILES string of the molecule is CC(c1nc2ccccc2s1)N(C)C(=O)c1cnsc1. The zero-order valence-electron chi connectivity index (χ0n) is 11.1. The molecule has 0 saturated heterocycles. The lowest BCUT2D eigenvalue weighted by Crippen LogP contribution is -2.29. The zero-order chi connectivity index (χ0) is 14.1. The Hall–Kier alpha value is -1.79. The van der Waals surface area contributed by atoms with Crippen LogP contribution in [0.15, 0.2) is 35.8 Å². The summed E-state index contributed by atoms with van der Waals surface area (Å²) in [6.07, 6.45) is 1.61. The van der Waals surface area contributed by atoms with Gasteiger partial charge in [-0.15, -0.1) is 11.3 Å². The number of nitrogens with zero attached hydrogens (tertiary/aromatic N) is 3. The summed E-state index contributed by atoms with van der Waals surface area (Å²) < 4.78 is 5.12. The van der Waals surface area contributed by atoms with Gasteiger partial charge in [0.2, 0.25) is 0 Å². The first-order valence-corrected chi connectivity index (χ1v) is 7.84. The van der Waals surface area contributed by atoms with E-state index < -0.39 is 0 Å². The highest BCUT2D eigenvalue weighted by Crippen LogP contribution is 2.29. The Morgan fingerprint density at radius 2 is 2.15 bits per heavy atom. The van der Waals surface area contributed by atoms with Crippen molar-refractivity contribution in [3.8, 4) is 0 Å². The molecule has 4 nitrogen and oxygen atoms in total. The monoisotopic (exact) mass is 303 g/mol. The van der Waals surface area contributed by atoms with E-state index in [4.69, 9.17) is 0 Å². The summed E-state index contributed by atoms with van der Waals surface area (Å²) in [6, 6.07) is 7.96. The van der Waals surface area contributed by atoms with Gasteiger partial charge in [0.1, 0.15) is 5.01 Å². The second-order valence-electron chi connectivity index (χ2n) is 4.52. The molecule has 3 rings (SSSR count). The first-order valence-electron chi connectivity index (χ1n) is 6.19. The average Bonchev–Trinajstić information content (AvgIpc) is 3.13. The first-order chi connectivity index (χ1) is 9.66. The normalized spacial score (nSPS) is 12.5. The number of para-hydroxylation sites is 1. The van der Waals surface area contributed by atoms with Crippen molar-refractivity contribution in [2.75, 3.05) is 7.05 Å². The molecule has 1 unspecified atom stereocenters. The lowest BCUT2D eigenvalue weighted by Gasteiger charge is -2.22. The van der Waals surface area contributed by atoms with Gasteiger partial charge in [0, 0.05) is 12.4 Å². The van der Waals surface area contributed by atoms with Crippen LogP contribution >= 0.6 is 22.9 Å². The maximum Gasteiger partial charge on any atom is 0.256 e.